The van der Waals surface area contributed by atoms with Crippen molar-refractivity contribution in [3.8, 4) is 5.75 Å². The Labute approximate surface area is 133 Å². The predicted octanol–water partition coefficient (Wildman–Crippen LogP) is 2.57. The maximum atomic E-state index is 12.4. The van der Waals surface area contributed by atoms with Crippen molar-refractivity contribution in [3.63, 3.8) is 0 Å². The van der Waals surface area contributed by atoms with Gasteiger partial charge in [-0.25, -0.2) is 0 Å². The fraction of sp³-hybridized carbons (Fsp3) is 0.611. The third-order valence-electron chi connectivity index (χ3n) is 4.31. The molecule has 2 atom stereocenters. The predicted molar refractivity (Wildman–Crippen MR) is 89.3 cm³/mol. The van der Waals surface area contributed by atoms with E-state index < -0.39 is 6.10 Å². The lowest BCUT2D eigenvalue weighted by molar-refractivity contribution is -0.138. The first kappa shape index (κ1) is 16.8. The van der Waals surface area contributed by atoms with E-state index in [1.54, 1.807) is 0 Å². The van der Waals surface area contributed by atoms with Crippen molar-refractivity contribution < 1.29 is 9.53 Å². The fourth-order valence-electron chi connectivity index (χ4n) is 2.72. The number of carbonyl (C=O) groups is 1. The maximum absolute atomic E-state index is 12.4. The summed E-state index contributed by atoms with van der Waals surface area (Å²) in [4.78, 5) is 14.2. The molecule has 0 radical (unpaired) electrons. The van der Waals surface area contributed by atoms with Crippen LogP contribution in [0.3, 0.4) is 0 Å². The standard InChI is InChI=1S/C18H28N2O2/c1-13(17(21)20(5)15-10-11-19-12-15)22-16-8-6-14(7-9-16)18(2,3)4/h6-9,13,15,19H,10-12H2,1-5H3. The van der Waals surface area contributed by atoms with Crippen molar-refractivity contribution >= 4 is 5.91 Å². The highest BCUT2D eigenvalue weighted by atomic mass is 16.5. The van der Waals surface area contributed by atoms with Gasteiger partial charge in [0.1, 0.15) is 5.75 Å². The number of likely N-dealkylation sites (N-methyl/N-ethyl adjacent to an activating group) is 1. The summed E-state index contributed by atoms with van der Waals surface area (Å²) in [5.74, 6) is 0.778. The molecular weight excluding hydrogens is 276 g/mol. The summed E-state index contributed by atoms with van der Waals surface area (Å²) in [6.45, 7) is 10.2. The van der Waals surface area contributed by atoms with E-state index in [0.29, 0.717) is 0 Å². The van der Waals surface area contributed by atoms with Crippen molar-refractivity contribution in [1.29, 1.82) is 0 Å². The molecule has 0 aliphatic carbocycles. The van der Waals surface area contributed by atoms with Crippen molar-refractivity contribution in [2.24, 2.45) is 0 Å². The molecule has 0 bridgehead atoms. The molecule has 2 unspecified atom stereocenters. The molecule has 22 heavy (non-hydrogen) atoms. The molecule has 1 amide bonds. The molecule has 1 fully saturated rings. The van der Waals surface area contributed by atoms with Gasteiger partial charge in [0.15, 0.2) is 6.10 Å². The van der Waals surface area contributed by atoms with Crippen LogP contribution < -0.4 is 10.1 Å². The highest BCUT2D eigenvalue weighted by Crippen LogP contribution is 2.24. The summed E-state index contributed by atoms with van der Waals surface area (Å²) in [6.07, 6.45) is 0.543. The molecule has 1 aliphatic rings. The van der Waals surface area contributed by atoms with Gasteiger partial charge in [0.2, 0.25) is 0 Å². The van der Waals surface area contributed by atoms with Gasteiger partial charge in [-0.2, -0.15) is 0 Å². The van der Waals surface area contributed by atoms with Crippen molar-refractivity contribution in [2.75, 3.05) is 20.1 Å². The number of rotatable bonds is 4. The molecule has 1 saturated heterocycles. The van der Waals surface area contributed by atoms with Crippen LogP contribution in [0.4, 0.5) is 0 Å². The highest BCUT2D eigenvalue weighted by Gasteiger charge is 2.27. The third-order valence-corrected chi connectivity index (χ3v) is 4.31. The number of hydrogen-bond donors (Lipinski definition) is 1. The van der Waals surface area contributed by atoms with Gasteiger partial charge >= 0.3 is 0 Å². The number of nitrogens with one attached hydrogen (secondary N) is 1. The van der Waals surface area contributed by atoms with Gasteiger partial charge in [0.05, 0.1) is 0 Å². The van der Waals surface area contributed by atoms with Gasteiger partial charge in [-0.3, -0.25) is 4.79 Å². The van der Waals surface area contributed by atoms with Crippen molar-refractivity contribution in [3.05, 3.63) is 29.8 Å². The number of nitrogens with zero attached hydrogens (tertiary/aromatic N) is 1. The second-order valence-electron chi connectivity index (χ2n) is 7.13. The molecule has 1 aliphatic heterocycles. The Morgan fingerprint density at radius 3 is 2.45 bits per heavy atom. The fourth-order valence-corrected chi connectivity index (χ4v) is 2.72. The number of hydrogen-bond acceptors (Lipinski definition) is 3. The molecule has 4 heteroatoms. The zero-order chi connectivity index (χ0) is 16.3. The van der Waals surface area contributed by atoms with Crippen LogP contribution in [-0.4, -0.2) is 43.1 Å². The van der Waals surface area contributed by atoms with Crippen LogP contribution in [0.5, 0.6) is 5.75 Å². The van der Waals surface area contributed by atoms with Crippen LogP contribution in [0.25, 0.3) is 0 Å². The average Bonchev–Trinajstić information content (AvgIpc) is 2.99. The second-order valence-corrected chi connectivity index (χ2v) is 7.13. The van der Waals surface area contributed by atoms with Gasteiger partial charge in [-0.1, -0.05) is 32.9 Å². The zero-order valence-corrected chi connectivity index (χ0v) is 14.3. The zero-order valence-electron chi connectivity index (χ0n) is 14.3. The molecule has 122 valence electrons. The van der Waals surface area contributed by atoms with E-state index in [1.165, 1.54) is 5.56 Å². The lowest BCUT2D eigenvalue weighted by Gasteiger charge is -2.27. The Morgan fingerprint density at radius 2 is 1.95 bits per heavy atom. The maximum Gasteiger partial charge on any atom is 0.263 e. The molecule has 1 aromatic carbocycles. The van der Waals surface area contributed by atoms with Crippen LogP contribution in [0, 0.1) is 0 Å². The first-order valence-corrected chi connectivity index (χ1v) is 8.03. The van der Waals surface area contributed by atoms with Gasteiger partial charge < -0.3 is 15.0 Å². The molecule has 4 nitrogen and oxygen atoms in total. The monoisotopic (exact) mass is 304 g/mol. The number of carbonyl (C=O) groups excluding carboxylic acids is 1. The summed E-state index contributed by atoms with van der Waals surface area (Å²) in [7, 11) is 1.86. The molecular formula is C18H28N2O2. The lowest BCUT2D eigenvalue weighted by Crippen LogP contribution is -2.44. The molecule has 2 rings (SSSR count). The molecule has 1 N–H and O–H groups in total. The topological polar surface area (TPSA) is 41.6 Å². The lowest BCUT2D eigenvalue weighted by atomic mass is 9.87. The highest BCUT2D eigenvalue weighted by molar-refractivity contribution is 5.81. The van der Waals surface area contributed by atoms with Crippen LogP contribution >= 0.6 is 0 Å². The Bertz CT molecular complexity index is 499. The summed E-state index contributed by atoms with van der Waals surface area (Å²) in [5.41, 5.74) is 1.38. The Morgan fingerprint density at radius 1 is 1.32 bits per heavy atom. The number of ether oxygens (including phenoxy) is 1. The Balaban J connectivity index is 1.96. The second kappa shape index (κ2) is 6.69. The summed E-state index contributed by atoms with van der Waals surface area (Å²) < 4.78 is 5.81. The van der Waals surface area contributed by atoms with Crippen LogP contribution in [-0.2, 0) is 10.2 Å². The van der Waals surface area contributed by atoms with E-state index in [0.717, 1.165) is 25.3 Å². The van der Waals surface area contributed by atoms with Gasteiger partial charge in [-0.15, -0.1) is 0 Å². The largest absolute Gasteiger partial charge is 0.481 e. The van der Waals surface area contributed by atoms with Crippen LogP contribution in [0.2, 0.25) is 0 Å². The van der Waals surface area contributed by atoms with E-state index in [9.17, 15) is 4.79 Å². The summed E-state index contributed by atoms with van der Waals surface area (Å²) in [5, 5.41) is 3.28. The van der Waals surface area contributed by atoms with Gasteiger partial charge in [0, 0.05) is 19.6 Å². The minimum absolute atomic E-state index is 0.0357. The number of amides is 1. The van der Waals surface area contributed by atoms with Crippen LogP contribution in [0.15, 0.2) is 24.3 Å². The molecule has 1 aromatic rings. The smallest absolute Gasteiger partial charge is 0.263 e. The third kappa shape index (κ3) is 4.01. The number of benzene rings is 1. The molecule has 0 aromatic heterocycles. The minimum Gasteiger partial charge on any atom is -0.481 e. The Kier molecular flexibility index (Phi) is 5.12. The van der Waals surface area contributed by atoms with Crippen LogP contribution in [0.1, 0.15) is 39.7 Å². The first-order chi connectivity index (χ1) is 10.3. The minimum atomic E-state index is -0.467. The quantitative estimate of drug-likeness (QED) is 0.929. The summed E-state index contributed by atoms with van der Waals surface area (Å²) in [6, 6.07) is 8.30. The molecule has 0 saturated carbocycles. The average molecular weight is 304 g/mol. The summed E-state index contributed by atoms with van der Waals surface area (Å²) >= 11 is 0. The SMILES string of the molecule is CC(Oc1ccc(C(C)(C)C)cc1)C(=O)N(C)C1CCNC1. The van der Waals surface area contributed by atoms with Gasteiger partial charge in [-0.05, 0) is 43.0 Å². The van der Waals surface area contributed by atoms with Crippen molar-refractivity contribution in [1.82, 2.24) is 10.2 Å². The van der Waals surface area contributed by atoms with Gasteiger partial charge in [0.25, 0.3) is 5.91 Å². The first-order valence-electron chi connectivity index (χ1n) is 8.03. The van der Waals surface area contributed by atoms with E-state index in [1.807, 2.05) is 31.0 Å². The van der Waals surface area contributed by atoms with Crippen molar-refractivity contribution in [2.45, 2.75) is 51.7 Å². The van der Waals surface area contributed by atoms with E-state index in [4.69, 9.17) is 4.74 Å². The van der Waals surface area contributed by atoms with E-state index >= 15 is 0 Å². The molecule has 1 heterocycles. The van der Waals surface area contributed by atoms with E-state index in [-0.39, 0.29) is 17.4 Å². The normalized spacial score (nSPS) is 19.8. The Hall–Kier alpha value is -1.55. The molecule has 0 spiro atoms. The van der Waals surface area contributed by atoms with E-state index in [2.05, 4.69) is 38.2 Å².